The Morgan fingerprint density at radius 2 is 1.75 bits per heavy atom. The molecule has 1 heterocycles. The Kier molecular flexibility index (Phi) is 3.29. The minimum absolute atomic E-state index is 0.530. The lowest BCUT2D eigenvalue weighted by Crippen LogP contribution is -2.28. The summed E-state index contributed by atoms with van der Waals surface area (Å²) in [6, 6.07) is 0.655. The third-order valence-electron chi connectivity index (χ3n) is 5.79. The lowest BCUT2D eigenvalue weighted by molar-refractivity contribution is 0.151. The molecular weight excluding hydrogens is 248 g/mol. The van der Waals surface area contributed by atoms with Gasteiger partial charge in [-0.15, -0.1) is 10.2 Å². The van der Waals surface area contributed by atoms with Gasteiger partial charge in [0, 0.05) is 12.0 Å². The standard InChI is InChI=1S/C16H26N4/c17-10-15-18-19-16(20(15)14-7-8-14)13-6-5-11-3-1-2-4-12(11)9-13/h11-14H,1-10,17H2. The van der Waals surface area contributed by atoms with Crippen LogP contribution in [0.2, 0.25) is 0 Å². The monoisotopic (exact) mass is 274 g/mol. The van der Waals surface area contributed by atoms with E-state index in [0.29, 0.717) is 18.5 Å². The molecule has 4 heteroatoms. The predicted molar refractivity (Wildman–Crippen MR) is 78.2 cm³/mol. The number of hydrogen-bond acceptors (Lipinski definition) is 3. The maximum Gasteiger partial charge on any atom is 0.147 e. The summed E-state index contributed by atoms with van der Waals surface area (Å²) in [6.45, 7) is 0.530. The van der Waals surface area contributed by atoms with E-state index in [2.05, 4.69) is 14.8 Å². The minimum atomic E-state index is 0.530. The number of hydrogen-bond donors (Lipinski definition) is 1. The molecule has 1 aromatic rings. The molecule has 0 saturated heterocycles. The van der Waals surface area contributed by atoms with Crippen LogP contribution in [0.15, 0.2) is 0 Å². The Bertz CT molecular complexity index is 477. The van der Waals surface area contributed by atoms with Crippen LogP contribution in [0.1, 0.15) is 81.4 Å². The summed E-state index contributed by atoms with van der Waals surface area (Å²) in [6.07, 6.45) is 12.5. The molecule has 3 aliphatic rings. The molecule has 0 bridgehead atoms. The summed E-state index contributed by atoms with van der Waals surface area (Å²) in [4.78, 5) is 0. The Balaban J connectivity index is 1.57. The van der Waals surface area contributed by atoms with Gasteiger partial charge >= 0.3 is 0 Å². The van der Waals surface area contributed by atoms with Crippen molar-refractivity contribution in [3.05, 3.63) is 11.6 Å². The zero-order valence-corrected chi connectivity index (χ0v) is 12.3. The quantitative estimate of drug-likeness (QED) is 0.921. The average molecular weight is 274 g/mol. The predicted octanol–water partition coefficient (Wildman–Crippen LogP) is 3.15. The first-order valence-corrected chi connectivity index (χ1v) is 8.50. The van der Waals surface area contributed by atoms with Gasteiger partial charge in [0.05, 0.1) is 6.54 Å². The van der Waals surface area contributed by atoms with Gasteiger partial charge in [0.1, 0.15) is 11.6 Å². The molecule has 0 aliphatic heterocycles. The Labute approximate surface area is 121 Å². The molecule has 3 atom stereocenters. The van der Waals surface area contributed by atoms with Gasteiger partial charge in [-0.1, -0.05) is 25.7 Å². The highest BCUT2D eigenvalue weighted by molar-refractivity contribution is 5.09. The van der Waals surface area contributed by atoms with E-state index in [1.807, 2.05) is 0 Å². The average Bonchev–Trinajstić information content (AvgIpc) is 3.25. The Morgan fingerprint density at radius 1 is 0.950 bits per heavy atom. The van der Waals surface area contributed by atoms with E-state index in [1.165, 1.54) is 63.6 Å². The first-order valence-electron chi connectivity index (χ1n) is 8.50. The number of rotatable bonds is 3. The summed E-state index contributed by atoms with van der Waals surface area (Å²) < 4.78 is 2.40. The molecule has 0 spiro atoms. The smallest absolute Gasteiger partial charge is 0.147 e. The van der Waals surface area contributed by atoms with Crippen molar-refractivity contribution in [2.24, 2.45) is 17.6 Å². The molecule has 20 heavy (non-hydrogen) atoms. The van der Waals surface area contributed by atoms with Gasteiger partial charge in [-0.2, -0.15) is 0 Å². The first kappa shape index (κ1) is 12.8. The highest BCUT2D eigenvalue weighted by Gasteiger charge is 2.37. The maximum atomic E-state index is 5.84. The summed E-state index contributed by atoms with van der Waals surface area (Å²) in [5, 5.41) is 8.91. The van der Waals surface area contributed by atoms with Gasteiger partial charge in [0.15, 0.2) is 0 Å². The molecular formula is C16H26N4. The van der Waals surface area contributed by atoms with E-state index >= 15 is 0 Å². The highest BCUT2D eigenvalue weighted by Crippen LogP contribution is 2.47. The lowest BCUT2D eigenvalue weighted by atomic mass is 9.67. The van der Waals surface area contributed by atoms with Gasteiger partial charge in [-0.3, -0.25) is 0 Å². The van der Waals surface area contributed by atoms with Crippen LogP contribution >= 0.6 is 0 Å². The van der Waals surface area contributed by atoms with Crippen LogP contribution in [-0.4, -0.2) is 14.8 Å². The molecule has 0 aromatic carbocycles. The molecule has 4 rings (SSSR count). The molecule has 3 fully saturated rings. The Morgan fingerprint density at radius 3 is 2.50 bits per heavy atom. The summed E-state index contributed by atoms with van der Waals surface area (Å²) in [5.41, 5.74) is 5.84. The lowest BCUT2D eigenvalue weighted by Gasteiger charge is -2.39. The van der Waals surface area contributed by atoms with Crippen LogP contribution in [0.4, 0.5) is 0 Å². The van der Waals surface area contributed by atoms with Crippen LogP contribution in [0.25, 0.3) is 0 Å². The number of fused-ring (bicyclic) bond motifs is 1. The van der Waals surface area contributed by atoms with E-state index < -0.39 is 0 Å². The van der Waals surface area contributed by atoms with Gasteiger partial charge in [0.2, 0.25) is 0 Å². The van der Waals surface area contributed by atoms with Crippen molar-refractivity contribution in [1.82, 2.24) is 14.8 Å². The molecule has 2 N–H and O–H groups in total. The second kappa shape index (κ2) is 5.14. The number of nitrogens with two attached hydrogens (primary N) is 1. The second-order valence-corrected chi connectivity index (χ2v) is 7.09. The fourth-order valence-electron chi connectivity index (χ4n) is 4.59. The highest BCUT2D eigenvalue weighted by atomic mass is 15.3. The third-order valence-corrected chi connectivity index (χ3v) is 5.79. The van der Waals surface area contributed by atoms with Crippen molar-refractivity contribution < 1.29 is 0 Å². The van der Waals surface area contributed by atoms with Crippen molar-refractivity contribution in [3.63, 3.8) is 0 Å². The topological polar surface area (TPSA) is 56.7 Å². The van der Waals surface area contributed by atoms with Crippen molar-refractivity contribution in [3.8, 4) is 0 Å². The first-order chi connectivity index (χ1) is 9.86. The summed E-state index contributed by atoms with van der Waals surface area (Å²) in [5.74, 6) is 4.87. The van der Waals surface area contributed by atoms with Crippen LogP contribution < -0.4 is 5.73 Å². The molecule has 3 unspecified atom stereocenters. The molecule has 110 valence electrons. The van der Waals surface area contributed by atoms with E-state index in [4.69, 9.17) is 5.73 Å². The van der Waals surface area contributed by atoms with E-state index in [1.54, 1.807) is 0 Å². The fourth-order valence-corrected chi connectivity index (χ4v) is 4.59. The van der Waals surface area contributed by atoms with Crippen molar-refractivity contribution in [2.45, 2.75) is 76.3 Å². The summed E-state index contributed by atoms with van der Waals surface area (Å²) in [7, 11) is 0. The van der Waals surface area contributed by atoms with Gasteiger partial charge < -0.3 is 10.3 Å². The van der Waals surface area contributed by atoms with Crippen molar-refractivity contribution >= 4 is 0 Å². The van der Waals surface area contributed by atoms with Crippen molar-refractivity contribution in [2.75, 3.05) is 0 Å². The molecule has 1 aromatic heterocycles. The van der Waals surface area contributed by atoms with E-state index in [0.717, 1.165) is 17.7 Å². The van der Waals surface area contributed by atoms with Crippen LogP contribution in [-0.2, 0) is 6.54 Å². The van der Waals surface area contributed by atoms with Crippen LogP contribution in [0, 0.1) is 11.8 Å². The molecule has 0 amide bonds. The van der Waals surface area contributed by atoms with E-state index in [-0.39, 0.29) is 0 Å². The van der Waals surface area contributed by atoms with E-state index in [9.17, 15) is 0 Å². The molecule has 3 saturated carbocycles. The van der Waals surface area contributed by atoms with Crippen molar-refractivity contribution in [1.29, 1.82) is 0 Å². The SMILES string of the molecule is NCc1nnc(C2CCC3CCCCC3C2)n1C1CC1. The van der Waals surface area contributed by atoms with Gasteiger partial charge in [0.25, 0.3) is 0 Å². The largest absolute Gasteiger partial charge is 0.324 e. The zero-order chi connectivity index (χ0) is 13.5. The van der Waals surface area contributed by atoms with Crippen LogP contribution in [0.3, 0.4) is 0 Å². The zero-order valence-electron chi connectivity index (χ0n) is 12.3. The Hall–Kier alpha value is -0.900. The van der Waals surface area contributed by atoms with Gasteiger partial charge in [-0.25, -0.2) is 0 Å². The van der Waals surface area contributed by atoms with Gasteiger partial charge in [-0.05, 0) is 43.9 Å². The maximum absolute atomic E-state index is 5.84. The number of aromatic nitrogens is 3. The normalized spacial score (nSPS) is 34.0. The number of nitrogens with zero attached hydrogens (tertiary/aromatic N) is 3. The molecule has 3 aliphatic carbocycles. The minimum Gasteiger partial charge on any atom is -0.324 e. The molecule has 4 nitrogen and oxygen atoms in total. The fraction of sp³-hybridized carbons (Fsp3) is 0.875. The third kappa shape index (κ3) is 2.18. The molecule has 0 radical (unpaired) electrons. The summed E-state index contributed by atoms with van der Waals surface area (Å²) >= 11 is 0. The van der Waals surface area contributed by atoms with Crippen LogP contribution in [0.5, 0.6) is 0 Å². The second-order valence-electron chi connectivity index (χ2n) is 7.09.